The van der Waals surface area contributed by atoms with Crippen LogP contribution in [0.1, 0.15) is 19.4 Å². The van der Waals surface area contributed by atoms with E-state index in [1.54, 1.807) is 34.8 Å². The second-order valence-corrected chi connectivity index (χ2v) is 8.40. The predicted molar refractivity (Wildman–Crippen MR) is 128 cm³/mol. The van der Waals surface area contributed by atoms with Crippen molar-refractivity contribution in [3.05, 3.63) is 83.2 Å². The average molecular weight is 435 g/mol. The molecule has 3 heterocycles. The Balaban J connectivity index is 1.57. The van der Waals surface area contributed by atoms with Crippen LogP contribution in [0.15, 0.2) is 71.9 Å². The lowest BCUT2D eigenvalue weighted by atomic mass is 9.86. The van der Waals surface area contributed by atoms with Gasteiger partial charge in [0.1, 0.15) is 5.82 Å². The van der Waals surface area contributed by atoms with Gasteiger partial charge in [-0.2, -0.15) is 5.26 Å². The summed E-state index contributed by atoms with van der Waals surface area (Å²) in [5, 5.41) is 12.7. The SMILES string of the molecule is Cn1c(=O)n(-c2ccc(C(C)(C)C#N)cc2)c2cc(Nc3ccc4nccnc4c3)ncc21. The molecule has 33 heavy (non-hydrogen) atoms. The van der Waals surface area contributed by atoms with Crippen molar-refractivity contribution in [2.45, 2.75) is 19.3 Å². The molecule has 0 aliphatic rings. The highest BCUT2D eigenvalue weighted by Gasteiger charge is 2.20. The molecule has 3 aromatic heterocycles. The highest BCUT2D eigenvalue weighted by molar-refractivity contribution is 5.83. The average Bonchev–Trinajstić information content (AvgIpc) is 3.08. The van der Waals surface area contributed by atoms with E-state index in [-0.39, 0.29) is 5.69 Å². The van der Waals surface area contributed by atoms with E-state index >= 15 is 0 Å². The van der Waals surface area contributed by atoms with Crippen LogP contribution >= 0.6 is 0 Å². The van der Waals surface area contributed by atoms with E-state index in [0.717, 1.165) is 39.0 Å². The topological polar surface area (TPSA) is 101 Å². The summed E-state index contributed by atoms with van der Waals surface area (Å²) in [4.78, 5) is 26.2. The fraction of sp³-hybridized carbons (Fsp3) is 0.160. The lowest BCUT2D eigenvalue weighted by Gasteiger charge is -2.16. The first-order valence-corrected chi connectivity index (χ1v) is 10.4. The Morgan fingerprint density at radius 1 is 0.939 bits per heavy atom. The molecule has 0 unspecified atom stereocenters. The van der Waals surface area contributed by atoms with E-state index in [1.807, 2.05) is 62.4 Å². The number of rotatable bonds is 4. The molecule has 1 N–H and O–H groups in total. The second-order valence-electron chi connectivity index (χ2n) is 8.40. The molecule has 0 atom stereocenters. The van der Waals surface area contributed by atoms with E-state index < -0.39 is 5.41 Å². The van der Waals surface area contributed by atoms with Crippen molar-refractivity contribution in [1.29, 1.82) is 5.26 Å². The monoisotopic (exact) mass is 435 g/mol. The van der Waals surface area contributed by atoms with E-state index in [9.17, 15) is 10.1 Å². The molecule has 2 aromatic carbocycles. The van der Waals surface area contributed by atoms with Crippen molar-refractivity contribution < 1.29 is 0 Å². The number of aryl methyl sites for hydroxylation is 1. The molecule has 5 rings (SSSR count). The van der Waals surface area contributed by atoms with Gasteiger partial charge in [0.05, 0.1) is 45.4 Å². The Morgan fingerprint density at radius 3 is 2.39 bits per heavy atom. The van der Waals surface area contributed by atoms with Crippen LogP contribution in [0.5, 0.6) is 0 Å². The number of aromatic nitrogens is 5. The number of fused-ring (bicyclic) bond motifs is 2. The maximum absolute atomic E-state index is 13.1. The van der Waals surface area contributed by atoms with Gasteiger partial charge in [-0.3, -0.25) is 19.1 Å². The van der Waals surface area contributed by atoms with Crippen molar-refractivity contribution in [3.8, 4) is 11.8 Å². The van der Waals surface area contributed by atoms with Crippen LogP contribution < -0.4 is 11.0 Å². The van der Waals surface area contributed by atoms with Gasteiger partial charge < -0.3 is 5.32 Å². The predicted octanol–water partition coefficient (Wildman–Crippen LogP) is 4.21. The van der Waals surface area contributed by atoms with E-state index in [2.05, 4.69) is 26.3 Å². The fourth-order valence-corrected chi connectivity index (χ4v) is 3.83. The summed E-state index contributed by atoms with van der Waals surface area (Å²) in [7, 11) is 1.73. The van der Waals surface area contributed by atoms with Crippen LogP contribution in [0.25, 0.3) is 27.8 Å². The highest BCUT2D eigenvalue weighted by Crippen LogP contribution is 2.26. The van der Waals surface area contributed by atoms with Crippen LogP contribution in [-0.2, 0) is 12.5 Å². The summed E-state index contributed by atoms with van der Waals surface area (Å²) in [5.41, 5.74) is 4.70. The van der Waals surface area contributed by atoms with Gasteiger partial charge in [0.25, 0.3) is 0 Å². The molecule has 0 saturated heterocycles. The van der Waals surface area contributed by atoms with Crippen molar-refractivity contribution in [2.75, 3.05) is 5.32 Å². The maximum Gasteiger partial charge on any atom is 0.333 e. The molecule has 162 valence electrons. The van der Waals surface area contributed by atoms with Gasteiger partial charge in [-0.25, -0.2) is 9.78 Å². The number of pyridine rings is 1. The molecule has 0 saturated carbocycles. The molecule has 8 heteroatoms. The molecular formula is C25H21N7O. The van der Waals surface area contributed by atoms with Gasteiger partial charge in [0.15, 0.2) is 0 Å². The zero-order valence-corrected chi connectivity index (χ0v) is 18.4. The van der Waals surface area contributed by atoms with Crippen LogP contribution in [0.2, 0.25) is 0 Å². The Bertz CT molecular complexity index is 1600. The molecule has 0 bridgehead atoms. The first-order chi connectivity index (χ1) is 15.9. The minimum atomic E-state index is -0.604. The lowest BCUT2D eigenvalue weighted by Crippen LogP contribution is -2.21. The van der Waals surface area contributed by atoms with Gasteiger partial charge in [0, 0.05) is 31.2 Å². The van der Waals surface area contributed by atoms with Crippen molar-refractivity contribution in [1.82, 2.24) is 24.1 Å². The van der Waals surface area contributed by atoms with Crippen LogP contribution in [-0.4, -0.2) is 24.1 Å². The number of nitrogens with one attached hydrogen (secondary N) is 1. The number of hydrogen-bond acceptors (Lipinski definition) is 6. The van der Waals surface area contributed by atoms with Crippen LogP contribution in [0, 0.1) is 11.3 Å². The van der Waals surface area contributed by atoms with Gasteiger partial charge >= 0.3 is 5.69 Å². The number of imidazole rings is 1. The zero-order valence-electron chi connectivity index (χ0n) is 18.4. The van der Waals surface area contributed by atoms with Crippen LogP contribution in [0.3, 0.4) is 0 Å². The molecule has 8 nitrogen and oxygen atoms in total. The quantitative estimate of drug-likeness (QED) is 0.454. The third kappa shape index (κ3) is 3.49. The molecule has 0 spiro atoms. The minimum absolute atomic E-state index is 0.169. The summed E-state index contributed by atoms with van der Waals surface area (Å²) < 4.78 is 3.22. The maximum atomic E-state index is 13.1. The van der Waals surface area contributed by atoms with Crippen LogP contribution in [0.4, 0.5) is 11.5 Å². The molecule has 0 aliphatic carbocycles. The summed E-state index contributed by atoms with van der Waals surface area (Å²) in [6.07, 6.45) is 5.00. The van der Waals surface area contributed by atoms with Gasteiger partial charge in [-0.1, -0.05) is 12.1 Å². The van der Waals surface area contributed by atoms with E-state index in [4.69, 9.17) is 0 Å². The van der Waals surface area contributed by atoms with Gasteiger partial charge in [-0.15, -0.1) is 0 Å². The number of nitrogens with zero attached hydrogens (tertiary/aromatic N) is 6. The fourth-order valence-electron chi connectivity index (χ4n) is 3.83. The third-order valence-corrected chi connectivity index (χ3v) is 5.81. The summed E-state index contributed by atoms with van der Waals surface area (Å²) in [5.74, 6) is 0.604. The number of anilines is 2. The highest BCUT2D eigenvalue weighted by atomic mass is 16.1. The lowest BCUT2D eigenvalue weighted by molar-refractivity contribution is 0.686. The Morgan fingerprint density at radius 2 is 1.67 bits per heavy atom. The molecule has 0 radical (unpaired) electrons. The van der Waals surface area contributed by atoms with E-state index in [0.29, 0.717) is 5.82 Å². The standard InChI is InChI=1S/C25H21N7O/c1-25(2,15-26)16-4-7-18(8-5-16)32-21-13-23(29-14-22(21)31(3)24(32)33)30-17-6-9-19-20(12-17)28-11-10-27-19/h4-14H,1-3H3,(H,29,30). The van der Waals surface area contributed by atoms with Crippen molar-refractivity contribution >= 4 is 33.6 Å². The number of benzene rings is 2. The molecule has 0 fully saturated rings. The zero-order chi connectivity index (χ0) is 23.2. The smallest absolute Gasteiger partial charge is 0.333 e. The Labute approximate surface area is 189 Å². The summed E-state index contributed by atoms with van der Waals surface area (Å²) in [6.45, 7) is 3.74. The third-order valence-electron chi connectivity index (χ3n) is 5.81. The molecule has 0 amide bonds. The molecular weight excluding hydrogens is 414 g/mol. The summed E-state index contributed by atoms with van der Waals surface area (Å²) in [6, 6.07) is 17.4. The first kappa shape index (κ1) is 20.4. The number of nitriles is 1. The van der Waals surface area contributed by atoms with Crippen molar-refractivity contribution in [3.63, 3.8) is 0 Å². The van der Waals surface area contributed by atoms with E-state index in [1.165, 1.54) is 0 Å². The van der Waals surface area contributed by atoms with Gasteiger partial charge in [-0.05, 0) is 49.7 Å². The second kappa shape index (κ2) is 7.57. The Hall–Kier alpha value is -4.51. The molecule has 0 aliphatic heterocycles. The largest absolute Gasteiger partial charge is 0.340 e. The van der Waals surface area contributed by atoms with Crippen molar-refractivity contribution in [2.24, 2.45) is 7.05 Å². The minimum Gasteiger partial charge on any atom is -0.340 e. The normalized spacial score (nSPS) is 11.6. The molecule has 5 aromatic rings. The number of hydrogen-bond donors (Lipinski definition) is 1. The summed E-state index contributed by atoms with van der Waals surface area (Å²) >= 11 is 0. The Kier molecular flexibility index (Phi) is 4.68. The first-order valence-electron chi connectivity index (χ1n) is 10.4. The van der Waals surface area contributed by atoms with Gasteiger partial charge in [0.2, 0.25) is 0 Å².